The van der Waals surface area contributed by atoms with Gasteiger partial charge in [0, 0.05) is 57.0 Å². The highest BCUT2D eigenvalue weighted by Crippen LogP contribution is 2.24. The molecule has 0 fully saturated rings. The van der Waals surface area contributed by atoms with Crippen molar-refractivity contribution < 1.29 is 9.53 Å². The van der Waals surface area contributed by atoms with Crippen LogP contribution in [0.2, 0.25) is 0 Å². The van der Waals surface area contributed by atoms with Gasteiger partial charge in [0.15, 0.2) is 5.16 Å². The van der Waals surface area contributed by atoms with Crippen molar-refractivity contribution in [2.75, 3.05) is 19.1 Å². The molecule has 36 heavy (non-hydrogen) atoms. The number of thioether (sulfide) groups is 1. The number of methoxy groups -OCH3 is 1. The summed E-state index contributed by atoms with van der Waals surface area (Å²) in [6.07, 6.45) is 3.46. The Morgan fingerprint density at radius 3 is 2.56 bits per heavy atom. The van der Waals surface area contributed by atoms with E-state index in [1.807, 2.05) is 67.7 Å². The molecule has 4 rings (SSSR count). The third-order valence-electron chi connectivity index (χ3n) is 5.42. The summed E-state index contributed by atoms with van der Waals surface area (Å²) in [5.41, 5.74) is 4.63. The van der Waals surface area contributed by atoms with E-state index in [-0.39, 0.29) is 5.91 Å². The minimum atomic E-state index is -0.117. The van der Waals surface area contributed by atoms with Gasteiger partial charge in [-0.2, -0.15) is 0 Å². The average molecular weight is 500 g/mol. The zero-order valence-corrected chi connectivity index (χ0v) is 21.2. The van der Waals surface area contributed by atoms with Gasteiger partial charge in [-0.3, -0.25) is 9.78 Å². The van der Waals surface area contributed by atoms with Crippen molar-refractivity contribution in [2.24, 2.45) is 0 Å². The summed E-state index contributed by atoms with van der Waals surface area (Å²) in [6, 6.07) is 23.7. The fraction of sp³-hybridized carbons (Fsp3) is 0.214. The van der Waals surface area contributed by atoms with Gasteiger partial charge in [0.05, 0.1) is 12.3 Å². The van der Waals surface area contributed by atoms with Crippen LogP contribution in [-0.2, 0) is 30.2 Å². The largest absolute Gasteiger partial charge is 0.378 e. The van der Waals surface area contributed by atoms with Crippen LogP contribution in [0.15, 0.2) is 90.3 Å². The number of rotatable bonds is 11. The Kier molecular flexibility index (Phi) is 9.02. The van der Waals surface area contributed by atoms with E-state index in [9.17, 15) is 4.79 Å². The number of hydrogen-bond acceptors (Lipinski definition) is 7. The van der Waals surface area contributed by atoms with Crippen LogP contribution >= 0.6 is 11.8 Å². The van der Waals surface area contributed by atoms with Crippen LogP contribution in [0.5, 0.6) is 0 Å². The zero-order valence-electron chi connectivity index (χ0n) is 20.4. The molecule has 8 heteroatoms. The second-order valence-corrected chi connectivity index (χ2v) is 9.25. The molecule has 0 spiro atoms. The van der Waals surface area contributed by atoms with E-state index in [2.05, 4.69) is 32.3 Å². The first kappa shape index (κ1) is 25.3. The molecule has 0 atom stereocenters. The lowest BCUT2D eigenvalue weighted by Gasteiger charge is -2.19. The van der Waals surface area contributed by atoms with Crippen LogP contribution in [0.3, 0.4) is 0 Å². The topological polar surface area (TPSA) is 80.2 Å². The summed E-state index contributed by atoms with van der Waals surface area (Å²) in [7, 11) is 3.68. The number of carbonyl (C=O) groups excluding carboxylic acids is 1. The standard InChI is InChI=1S/C28H29N5O2S/c1-33(18-21-8-4-3-5-9-21)26-15-25(19-35-2)31-28(32-26)36-20-22-10-6-12-24(14-22)27(34)30-17-23-11-7-13-29-16-23/h3-16H,17-20H2,1-2H3,(H,30,34). The molecule has 7 nitrogen and oxygen atoms in total. The average Bonchev–Trinajstić information content (AvgIpc) is 2.92. The third kappa shape index (κ3) is 7.37. The van der Waals surface area contributed by atoms with Crippen LogP contribution in [-0.4, -0.2) is 35.0 Å². The van der Waals surface area contributed by atoms with E-state index >= 15 is 0 Å². The van der Waals surface area contributed by atoms with Crippen molar-refractivity contribution in [2.45, 2.75) is 30.6 Å². The first-order chi connectivity index (χ1) is 17.6. The summed E-state index contributed by atoms with van der Waals surface area (Å²) in [4.78, 5) is 28.3. The predicted molar refractivity (Wildman–Crippen MR) is 143 cm³/mol. The minimum Gasteiger partial charge on any atom is -0.378 e. The van der Waals surface area contributed by atoms with E-state index in [1.54, 1.807) is 19.5 Å². The normalized spacial score (nSPS) is 10.7. The van der Waals surface area contributed by atoms with Crippen LogP contribution in [0.1, 0.15) is 32.7 Å². The number of anilines is 1. The van der Waals surface area contributed by atoms with Gasteiger partial charge >= 0.3 is 0 Å². The Morgan fingerprint density at radius 1 is 0.972 bits per heavy atom. The summed E-state index contributed by atoms with van der Waals surface area (Å²) >= 11 is 1.54. The van der Waals surface area contributed by atoms with Crippen molar-refractivity contribution in [1.82, 2.24) is 20.3 Å². The van der Waals surface area contributed by atoms with Gasteiger partial charge in [0.25, 0.3) is 5.91 Å². The van der Waals surface area contributed by atoms with Crippen LogP contribution in [0.4, 0.5) is 5.82 Å². The van der Waals surface area contributed by atoms with Crippen molar-refractivity contribution in [3.8, 4) is 0 Å². The highest BCUT2D eigenvalue weighted by molar-refractivity contribution is 7.98. The summed E-state index contributed by atoms with van der Waals surface area (Å²) in [5.74, 6) is 1.36. The molecule has 0 radical (unpaired) electrons. The van der Waals surface area contributed by atoms with Gasteiger partial charge in [-0.15, -0.1) is 0 Å². The van der Waals surface area contributed by atoms with E-state index in [1.165, 1.54) is 17.3 Å². The van der Waals surface area contributed by atoms with Gasteiger partial charge in [-0.25, -0.2) is 9.97 Å². The number of nitrogens with one attached hydrogen (secondary N) is 1. The molecule has 0 aliphatic rings. The predicted octanol–water partition coefficient (Wildman–Crippen LogP) is 4.88. The molecule has 0 bridgehead atoms. The molecule has 0 saturated heterocycles. The fourth-order valence-electron chi connectivity index (χ4n) is 3.62. The van der Waals surface area contributed by atoms with Gasteiger partial charge in [-0.1, -0.05) is 60.3 Å². The molecule has 0 unspecified atom stereocenters. The van der Waals surface area contributed by atoms with Crippen molar-refractivity contribution in [3.05, 3.63) is 113 Å². The van der Waals surface area contributed by atoms with Gasteiger partial charge < -0.3 is 15.0 Å². The van der Waals surface area contributed by atoms with Gasteiger partial charge in [-0.05, 0) is 34.9 Å². The van der Waals surface area contributed by atoms with Crippen LogP contribution < -0.4 is 10.2 Å². The second-order valence-electron chi connectivity index (χ2n) is 8.31. The third-order valence-corrected chi connectivity index (χ3v) is 6.34. The molecule has 0 aliphatic heterocycles. The molecule has 2 aromatic carbocycles. The van der Waals surface area contributed by atoms with Crippen LogP contribution in [0, 0.1) is 0 Å². The minimum absolute atomic E-state index is 0.117. The fourth-order valence-corrected chi connectivity index (χ4v) is 4.43. The number of aromatic nitrogens is 3. The summed E-state index contributed by atoms with van der Waals surface area (Å²) < 4.78 is 5.33. The molecule has 1 N–H and O–H groups in total. The van der Waals surface area contributed by atoms with Crippen molar-refractivity contribution >= 4 is 23.5 Å². The molecular weight excluding hydrogens is 470 g/mol. The quantitative estimate of drug-likeness (QED) is 0.233. The Morgan fingerprint density at radius 2 is 1.78 bits per heavy atom. The number of benzene rings is 2. The van der Waals surface area contributed by atoms with Gasteiger partial charge in [0.1, 0.15) is 5.82 Å². The Labute approximate surface area is 216 Å². The van der Waals surface area contributed by atoms with E-state index in [0.29, 0.717) is 29.6 Å². The highest BCUT2D eigenvalue weighted by Gasteiger charge is 2.11. The number of amides is 1. The maximum atomic E-state index is 12.6. The van der Waals surface area contributed by atoms with Crippen molar-refractivity contribution in [3.63, 3.8) is 0 Å². The SMILES string of the molecule is COCc1cc(N(C)Cc2ccccc2)nc(SCc2cccc(C(=O)NCc3cccnc3)c2)n1. The van der Waals surface area contributed by atoms with E-state index in [0.717, 1.165) is 29.2 Å². The molecule has 2 aromatic heterocycles. The Bertz CT molecular complexity index is 1270. The maximum absolute atomic E-state index is 12.6. The lowest BCUT2D eigenvalue weighted by molar-refractivity contribution is 0.0951. The smallest absolute Gasteiger partial charge is 0.251 e. The number of pyridine rings is 1. The lowest BCUT2D eigenvalue weighted by Crippen LogP contribution is -2.22. The van der Waals surface area contributed by atoms with Crippen molar-refractivity contribution in [1.29, 1.82) is 0 Å². The monoisotopic (exact) mass is 499 g/mol. The molecule has 1 amide bonds. The maximum Gasteiger partial charge on any atom is 0.251 e. The highest BCUT2D eigenvalue weighted by atomic mass is 32.2. The summed E-state index contributed by atoms with van der Waals surface area (Å²) in [5, 5.41) is 3.62. The number of hydrogen-bond donors (Lipinski definition) is 1. The molecule has 4 aromatic rings. The first-order valence-corrected chi connectivity index (χ1v) is 12.6. The zero-order chi connectivity index (χ0) is 25.2. The summed E-state index contributed by atoms with van der Waals surface area (Å²) in [6.45, 7) is 1.59. The second kappa shape index (κ2) is 12.8. The first-order valence-electron chi connectivity index (χ1n) is 11.6. The molecule has 184 valence electrons. The molecular formula is C28H29N5O2S. The number of ether oxygens (including phenoxy) is 1. The van der Waals surface area contributed by atoms with Crippen LogP contribution in [0.25, 0.3) is 0 Å². The Hall–Kier alpha value is -3.75. The number of nitrogens with zero attached hydrogens (tertiary/aromatic N) is 4. The van der Waals surface area contributed by atoms with E-state index in [4.69, 9.17) is 9.72 Å². The van der Waals surface area contributed by atoms with E-state index < -0.39 is 0 Å². The van der Waals surface area contributed by atoms with Gasteiger partial charge in [0.2, 0.25) is 0 Å². The Balaban J connectivity index is 1.42. The molecule has 2 heterocycles. The lowest BCUT2D eigenvalue weighted by atomic mass is 10.1. The molecule has 0 aliphatic carbocycles. The number of carbonyl (C=O) groups is 1. The molecule has 0 saturated carbocycles.